The molecule has 1 aromatic carbocycles. The summed E-state index contributed by atoms with van der Waals surface area (Å²) in [5.74, 6) is 0.131. The molecular formula is C14H18N2O2. The number of hydrogen-bond donors (Lipinski definition) is 0. The van der Waals surface area contributed by atoms with Crippen LogP contribution in [0.3, 0.4) is 0 Å². The molecule has 4 heteroatoms. The Morgan fingerprint density at radius 1 is 1.44 bits per heavy atom. The zero-order valence-electron chi connectivity index (χ0n) is 10.8. The Kier molecular flexibility index (Phi) is 3.97. The van der Waals surface area contributed by atoms with Gasteiger partial charge in [0.05, 0.1) is 12.3 Å². The van der Waals surface area contributed by atoms with Gasteiger partial charge in [0.25, 0.3) is 0 Å². The van der Waals surface area contributed by atoms with Crippen LogP contribution in [0.5, 0.6) is 0 Å². The molecule has 0 radical (unpaired) electrons. The van der Waals surface area contributed by atoms with Gasteiger partial charge in [-0.05, 0) is 5.56 Å². The van der Waals surface area contributed by atoms with E-state index in [1.807, 2.05) is 37.3 Å². The minimum absolute atomic E-state index is 0.0271. The predicted molar refractivity (Wildman–Crippen MR) is 70.4 cm³/mol. The molecule has 1 aliphatic rings. The van der Waals surface area contributed by atoms with E-state index in [1.165, 1.54) is 0 Å². The normalized spacial score (nSPS) is 18.1. The average molecular weight is 246 g/mol. The summed E-state index contributed by atoms with van der Waals surface area (Å²) in [5.41, 5.74) is 2.04. The molecular weight excluding hydrogens is 228 g/mol. The predicted octanol–water partition coefficient (Wildman–Crippen LogP) is 2.05. The highest BCUT2D eigenvalue weighted by Gasteiger charge is 2.24. The van der Waals surface area contributed by atoms with Crippen LogP contribution < -0.4 is 0 Å². The molecule has 0 N–H and O–H groups in total. The number of benzene rings is 1. The summed E-state index contributed by atoms with van der Waals surface area (Å²) in [6.07, 6.45) is 1.25. The van der Waals surface area contributed by atoms with Crippen molar-refractivity contribution in [2.75, 3.05) is 13.6 Å². The quantitative estimate of drug-likeness (QED) is 0.816. The van der Waals surface area contributed by atoms with Crippen LogP contribution in [0.4, 0.5) is 0 Å². The SMILES string of the molecule is CCC(=O)N(C)C[C@H]1CC(c2ccccc2)=NO1. The second-order valence-electron chi connectivity index (χ2n) is 4.46. The van der Waals surface area contributed by atoms with Crippen molar-refractivity contribution in [3.05, 3.63) is 35.9 Å². The van der Waals surface area contributed by atoms with E-state index in [9.17, 15) is 4.79 Å². The first-order valence-electron chi connectivity index (χ1n) is 6.22. The summed E-state index contributed by atoms with van der Waals surface area (Å²) >= 11 is 0. The molecule has 0 aromatic heterocycles. The second kappa shape index (κ2) is 5.67. The summed E-state index contributed by atoms with van der Waals surface area (Å²) < 4.78 is 0. The van der Waals surface area contributed by atoms with Gasteiger partial charge >= 0.3 is 0 Å². The summed E-state index contributed by atoms with van der Waals surface area (Å²) in [4.78, 5) is 18.6. The second-order valence-corrected chi connectivity index (χ2v) is 4.46. The molecule has 1 aliphatic heterocycles. The number of likely N-dealkylation sites (N-methyl/N-ethyl adjacent to an activating group) is 1. The lowest BCUT2D eigenvalue weighted by Gasteiger charge is -2.19. The molecule has 2 rings (SSSR count). The van der Waals surface area contributed by atoms with Crippen LogP contribution in [0.15, 0.2) is 35.5 Å². The fraction of sp³-hybridized carbons (Fsp3) is 0.429. The highest BCUT2D eigenvalue weighted by Crippen LogP contribution is 2.17. The molecule has 1 amide bonds. The van der Waals surface area contributed by atoms with Crippen LogP contribution in [-0.4, -0.2) is 36.2 Å². The molecule has 0 spiro atoms. The van der Waals surface area contributed by atoms with E-state index in [-0.39, 0.29) is 12.0 Å². The number of amides is 1. The minimum atomic E-state index is -0.0271. The van der Waals surface area contributed by atoms with Crippen molar-refractivity contribution in [1.29, 1.82) is 0 Å². The monoisotopic (exact) mass is 246 g/mol. The number of carbonyl (C=O) groups excluding carboxylic acids is 1. The summed E-state index contributed by atoms with van der Waals surface area (Å²) in [6, 6.07) is 9.98. The molecule has 0 aliphatic carbocycles. The Bertz CT molecular complexity index is 442. The van der Waals surface area contributed by atoms with Crippen LogP contribution in [-0.2, 0) is 9.63 Å². The van der Waals surface area contributed by atoms with E-state index in [4.69, 9.17) is 4.84 Å². The molecule has 1 aromatic rings. The number of nitrogens with zero attached hydrogens (tertiary/aromatic N) is 2. The van der Waals surface area contributed by atoms with Crippen LogP contribution in [0.25, 0.3) is 0 Å². The van der Waals surface area contributed by atoms with E-state index in [0.717, 1.165) is 17.7 Å². The molecule has 1 atom stereocenters. The van der Waals surface area contributed by atoms with Gasteiger partial charge in [-0.2, -0.15) is 0 Å². The fourth-order valence-electron chi connectivity index (χ4n) is 2.00. The summed E-state index contributed by atoms with van der Waals surface area (Å²) in [6.45, 7) is 2.45. The van der Waals surface area contributed by atoms with Gasteiger partial charge in [-0.1, -0.05) is 42.4 Å². The number of rotatable bonds is 4. The largest absolute Gasteiger partial charge is 0.390 e. The van der Waals surface area contributed by atoms with E-state index in [1.54, 1.807) is 11.9 Å². The molecule has 0 saturated carbocycles. The Hall–Kier alpha value is -1.84. The van der Waals surface area contributed by atoms with E-state index in [0.29, 0.717) is 13.0 Å². The lowest BCUT2D eigenvalue weighted by Crippen LogP contribution is -2.34. The van der Waals surface area contributed by atoms with Gasteiger partial charge in [0.2, 0.25) is 5.91 Å². The molecule has 0 bridgehead atoms. The zero-order chi connectivity index (χ0) is 13.0. The smallest absolute Gasteiger partial charge is 0.222 e. The van der Waals surface area contributed by atoms with Crippen molar-refractivity contribution < 1.29 is 9.63 Å². The number of oxime groups is 1. The molecule has 0 saturated heterocycles. The van der Waals surface area contributed by atoms with Crippen molar-refractivity contribution >= 4 is 11.6 Å². The third kappa shape index (κ3) is 2.88. The van der Waals surface area contributed by atoms with Crippen LogP contribution in [0.2, 0.25) is 0 Å². The maximum atomic E-state index is 11.5. The number of carbonyl (C=O) groups is 1. The zero-order valence-corrected chi connectivity index (χ0v) is 10.8. The van der Waals surface area contributed by atoms with Gasteiger partial charge in [0, 0.05) is 19.9 Å². The van der Waals surface area contributed by atoms with E-state index < -0.39 is 0 Å². The molecule has 0 unspecified atom stereocenters. The standard InChI is InChI=1S/C14H18N2O2/c1-3-14(17)16(2)10-12-9-13(15-18-12)11-7-5-4-6-8-11/h4-8,12H,3,9-10H2,1-2H3/t12-/m1/s1. The van der Waals surface area contributed by atoms with Crippen molar-refractivity contribution in [2.24, 2.45) is 5.16 Å². The average Bonchev–Trinajstić information content (AvgIpc) is 2.87. The lowest BCUT2D eigenvalue weighted by molar-refractivity contribution is -0.131. The van der Waals surface area contributed by atoms with Gasteiger partial charge in [0.1, 0.15) is 0 Å². The van der Waals surface area contributed by atoms with Gasteiger partial charge in [-0.3, -0.25) is 4.79 Å². The first-order chi connectivity index (χ1) is 8.70. The molecule has 96 valence electrons. The van der Waals surface area contributed by atoms with Crippen molar-refractivity contribution in [1.82, 2.24) is 4.90 Å². The highest BCUT2D eigenvalue weighted by atomic mass is 16.6. The fourth-order valence-corrected chi connectivity index (χ4v) is 2.00. The third-order valence-electron chi connectivity index (χ3n) is 3.05. The summed E-state index contributed by atoms with van der Waals surface area (Å²) in [5, 5.41) is 4.10. The Labute approximate surface area is 107 Å². The van der Waals surface area contributed by atoms with Gasteiger partial charge in [0.15, 0.2) is 6.10 Å². The lowest BCUT2D eigenvalue weighted by atomic mass is 10.1. The van der Waals surface area contributed by atoms with E-state index >= 15 is 0 Å². The van der Waals surface area contributed by atoms with Gasteiger partial charge < -0.3 is 9.74 Å². The molecule has 18 heavy (non-hydrogen) atoms. The Balaban J connectivity index is 1.90. The first-order valence-corrected chi connectivity index (χ1v) is 6.22. The van der Waals surface area contributed by atoms with Gasteiger partial charge in [-0.25, -0.2) is 0 Å². The molecule has 4 nitrogen and oxygen atoms in total. The van der Waals surface area contributed by atoms with Crippen LogP contribution in [0, 0.1) is 0 Å². The van der Waals surface area contributed by atoms with Crippen LogP contribution in [0.1, 0.15) is 25.3 Å². The first kappa shape index (κ1) is 12.6. The minimum Gasteiger partial charge on any atom is -0.390 e. The van der Waals surface area contributed by atoms with Gasteiger partial charge in [-0.15, -0.1) is 0 Å². The topological polar surface area (TPSA) is 41.9 Å². The van der Waals surface area contributed by atoms with Crippen molar-refractivity contribution in [3.63, 3.8) is 0 Å². The maximum absolute atomic E-state index is 11.5. The van der Waals surface area contributed by atoms with Crippen molar-refractivity contribution in [2.45, 2.75) is 25.9 Å². The van der Waals surface area contributed by atoms with Crippen molar-refractivity contribution in [3.8, 4) is 0 Å². The maximum Gasteiger partial charge on any atom is 0.222 e. The molecule has 0 fully saturated rings. The van der Waals surface area contributed by atoms with E-state index in [2.05, 4.69) is 5.16 Å². The number of hydrogen-bond acceptors (Lipinski definition) is 3. The highest BCUT2D eigenvalue weighted by molar-refractivity contribution is 6.01. The molecule has 1 heterocycles. The summed E-state index contributed by atoms with van der Waals surface area (Å²) in [7, 11) is 1.80. The Morgan fingerprint density at radius 2 is 2.17 bits per heavy atom. The Morgan fingerprint density at radius 3 is 2.83 bits per heavy atom. The van der Waals surface area contributed by atoms with Crippen LogP contribution >= 0.6 is 0 Å². The third-order valence-corrected chi connectivity index (χ3v) is 3.05.